The van der Waals surface area contributed by atoms with Crippen molar-refractivity contribution in [3.05, 3.63) is 83.4 Å². The van der Waals surface area contributed by atoms with E-state index >= 15 is 0 Å². The molecular weight excluding hydrogens is 410 g/mol. The molecule has 1 atom stereocenters. The summed E-state index contributed by atoms with van der Waals surface area (Å²) in [6, 6.07) is 13.1. The van der Waals surface area contributed by atoms with E-state index in [1.54, 1.807) is 24.4 Å². The van der Waals surface area contributed by atoms with Crippen LogP contribution in [-0.2, 0) is 0 Å². The summed E-state index contributed by atoms with van der Waals surface area (Å²) in [5.74, 6) is -0.528. The van der Waals surface area contributed by atoms with Gasteiger partial charge in [-0.1, -0.05) is 32.0 Å². The number of hydrogen-bond acceptors (Lipinski definition) is 6. The van der Waals surface area contributed by atoms with Crippen LogP contribution in [0.15, 0.2) is 60.9 Å². The van der Waals surface area contributed by atoms with E-state index in [1.165, 1.54) is 18.3 Å². The molecule has 32 heavy (non-hydrogen) atoms. The minimum atomic E-state index is -1.10. The van der Waals surface area contributed by atoms with E-state index in [0.29, 0.717) is 30.2 Å². The Balaban J connectivity index is 0.000000304. The lowest BCUT2D eigenvalue weighted by Crippen LogP contribution is -2.33. The number of hydrogen-bond donors (Lipinski definition) is 3. The first-order valence-electron chi connectivity index (χ1n) is 10.3. The van der Waals surface area contributed by atoms with Crippen LogP contribution in [0.5, 0.6) is 11.5 Å². The monoisotopic (exact) mass is 437 g/mol. The van der Waals surface area contributed by atoms with Gasteiger partial charge in [-0.2, -0.15) is 0 Å². The van der Waals surface area contributed by atoms with Crippen molar-refractivity contribution in [3.63, 3.8) is 0 Å². The van der Waals surface area contributed by atoms with Gasteiger partial charge in [-0.25, -0.2) is 4.79 Å². The zero-order chi connectivity index (χ0) is 23.5. The highest BCUT2D eigenvalue weighted by Gasteiger charge is 2.25. The van der Waals surface area contributed by atoms with E-state index in [9.17, 15) is 9.59 Å². The van der Waals surface area contributed by atoms with Crippen molar-refractivity contribution in [2.75, 3.05) is 6.61 Å². The molecule has 3 N–H and O–H groups in total. The summed E-state index contributed by atoms with van der Waals surface area (Å²) in [5, 5.41) is 20.7. The SMILES string of the molecule is CC.Cc1ccccc1O.O=C(O)c1ccnc(C(=O)NC2CCOc3cccnc32)c1. The summed E-state index contributed by atoms with van der Waals surface area (Å²) in [4.78, 5) is 31.4. The Hall–Kier alpha value is -3.94. The Kier molecular flexibility index (Phi) is 9.16. The Morgan fingerprint density at radius 3 is 2.47 bits per heavy atom. The second-order valence-electron chi connectivity index (χ2n) is 6.57. The van der Waals surface area contributed by atoms with Crippen LogP contribution in [0.3, 0.4) is 0 Å². The number of para-hydroxylation sites is 1. The predicted octanol–water partition coefficient (Wildman–Crippen LogP) is 4.16. The number of carboxylic acid groups (broad SMARTS) is 1. The molecule has 1 amide bonds. The molecule has 0 spiro atoms. The third-order valence-corrected chi connectivity index (χ3v) is 4.45. The maximum atomic E-state index is 12.3. The first-order valence-corrected chi connectivity index (χ1v) is 10.3. The van der Waals surface area contributed by atoms with Crippen molar-refractivity contribution >= 4 is 11.9 Å². The fourth-order valence-corrected chi connectivity index (χ4v) is 2.83. The fourth-order valence-electron chi connectivity index (χ4n) is 2.83. The lowest BCUT2D eigenvalue weighted by atomic mass is 10.1. The number of carbonyl (C=O) groups excluding carboxylic acids is 1. The van der Waals surface area contributed by atoms with E-state index in [-0.39, 0.29) is 17.3 Å². The summed E-state index contributed by atoms with van der Waals surface area (Å²) in [7, 11) is 0. The molecular formula is C24H27N3O5. The Morgan fingerprint density at radius 2 is 1.81 bits per heavy atom. The molecule has 0 bridgehead atoms. The van der Waals surface area contributed by atoms with Crippen LogP contribution >= 0.6 is 0 Å². The van der Waals surface area contributed by atoms with Crippen molar-refractivity contribution in [1.29, 1.82) is 0 Å². The number of aromatic carboxylic acids is 1. The number of ether oxygens (including phenoxy) is 1. The first kappa shape index (κ1) is 24.3. The highest BCUT2D eigenvalue weighted by molar-refractivity contribution is 5.96. The number of phenolic OH excluding ortho intramolecular Hbond substituents is 1. The number of carboxylic acids is 1. The van der Waals surface area contributed by atoms with E-state index in [4.69, 9.17) is 14.9 Å². The summed E-state index contributed by atoms with van der Waals surface area (Å²) in [6.45, 7) is 6.35. The number of pyridine rings is 2. The number of nitrogens with zero attached hydrogens (tertiary/aromatic N) is 2. The van der Waals surface area contributed by atoms with Gasteiger partial charge in [0, 0.05) is 18.8 Å². The minimum absolute atomic E-state index is 0.0191. The molecule has 3 heterocycles. The highest BCUT2D eigenvalue weighted by atomic mass is 16.5. The van der Waals surface area contributed by atoms with Gasteiger partial charge in [0.1, 0.15) is 22.9 Å². The van der Waals surface area contributed by atoms with Gasteiger partial charge in [0.15, 0.2) is 0 Å². The van der Waals surface area contributed by atoms with E-state index < -0.39 is 11.9 Å². The lowest BCUT2D eigenvalue weighted by Gasteiger charge is -2.25. The second-order valence-corrected chi connectivity index (χ2v) is 6.57. The van der Waals surface area contributed by atoms with Gasteiger partial charge in [-0.15, -0.1) is 0 Å². The number of aryl methyl sites for hydroxylation is 1. The van der Waals surface area contributed by atoms with Crippen LogP contribution in [-0.4, -0.2) is 38.7 Å². The first-order chi connectivity index (χ1) is 15.5. The number of phenols is 1. The smallest absolute Gasteiger partial charge is 0.335 e. The molecule has 0 fully saturated rings. The standard InChI is InChI=1S/C15H13N3O4.C7H8O.C2H6/c19-14(11-8-9(15(20)21)3-6-16-11)18-10-4-7-22-12-2-1-5-17-13(10)12;1-6-4-2-3-5-7(6)8;1-2/h1-3,5-6,8,10H,4,7H2,(H,18,19)(H,20,21);2-5,8H,1H3;1-2H3. The molecule has 168 valence electrons. The number of aromatic hydroxyl groups is 1. The molecule has 8 nitrogen and oxygen atoms in total. The Labute approximate surface area is 186 Å². The van der Waals surface area contributed by atoms with Crippen molar-refractivity contribution in [3.8, 4) is 11.5 Å². The number of aromatic nitrogens is 2. The molecule has 4 rings (SSSR count). The molecule has 2 aromatic heterocycles. The van der Waals surface area contributed by atoms with Crippen molar-refractivity contribution in [2.24, 2.45) is 0 Å². The van der Waals surface area contributed by atoms with Crippen LogP contribution < -0.4 is 10.1 Å². The van der Waals surface area contributed by atoms with Gasteiger partial charge in [-0.3, -0.25) is 14.8 Å². The lowest BCUT2D eigenvalue weighted by molar-refractivity contribution is 0.0696. The maximum absolute atomic E-state index is 12.3. The predicted molar refractivity (Wildman–Crippen MR) is 120 cm³/mol. The molecule has 0 saturated carbocycles. The topological polar surface area (TPSA) is 122 Å². The molecule has 3 aromatic rings. The Bertz CT molecular complexity index is 1030. The minimum Gasteiger partial charge on any atom is -0.508 e. The van der Waals surface area contributed by atoms with Gasteiger partial charge in [0.2, 0.25) is 0 Å². The summed E-state index contributed by atoms with van der Waals surface area (Å²) in [5.41, 5.74) is 1.67. The van der Waals surface area contributed by atoms with Crippen LogP contribution in [0, 0.1) is 6.92 Å². The number of rotatable bonds is 3. The molecule has 1 aliphatic heterocycles. The normalized spacial score (nSPS) is 13.7. The van der Waals surface area contributed by atoms with Gasteiger partial charge in [0.05, 0.1) is 18.2 Å². The number of amides is 1. The van der Waals surface area contributed by atoms with Crippen molar-refractivity contribution in [1.82, 2.24) is 15.3 Å². The van der Waals surface area contributed by atoms with Gasteiger partial charge < -0.3 is 20.3 Å². The Morgan fingerprint density at radius 1 is 1.06 bits per heavy atom. The maximum Gasteiger partial charge on any atom is 0.335 e. The van der Waals surface area contributed by atoms with Crippen LogP contribution in [0.4, 0.5) is 0 Å². The molecule has 1 aromatic carbocycles. The van der Waals surface area contributed by atoms with Crippen LogP contribution in [0.2, 0.25) is 0 Å². The van der Waals surface area contributed by atoms with Crippen LogP contribution in [0.25, 0.3) is 0 Å². The second kappa shape index (κ2) is 12.0. The third kappa shape index (κ3) is 6.53. The van der Waals surface area contributed by atoms with Gasteiger partial charge in [0.25, 0.3) is 5.91 Å². The average molecular weight is 437 g/mol. The fraction of sp³-hybridized carbons (Fsp3) is 0.250. The van der Waals surface area contributed by atoms with E-state index in [1.807, 2.05) is 39.0 Å². The van der Waals surface area contributed by atoms with Gasteiger partial charge in [-0.05, 0) is 42.8 Å². The van der Waals surface area contributed by atoms with Crippen molar-refractivity contribution in [2.45, 2.75) is 33.2 Å². The summed E-state index contributed by atoms with van der Waals surface area (Å²) >= 11 is 0. The molecule has 0 saturated heterocycles. The molecule has 8 heteroatoms. The summed E-state index contributed by atoms with van der Waals surface area (Å²) < 4.78 is 5.48. The molecule has 1 unspecified atom stereocenters. The average Bonchev–Trinajstić information content (AvgIpc) is 2.83. The number of nitrogens with one attached hydrogen (secondary N) is 1. The number of carbonyl (C=O) groups is 2. The van der Waals surface area contributed by atoms with E-state index in [0.717, 1.165) is 5.56 Å². The molecule has 0 radical (unpaired) electrons. The summed E-state index contributed by atoms with van der Waals surface area (Å²) in [6.07, 6.45) is 3.53. The zero-order valence-electron chi connectivity index (χ0n) is 18.3. The van der Waals surface area contributed by atoms with Crippen molar-refractivity contribution < 1.29 is 24.5 Å². The van der Waals surface area contributed by atoms with Gasteiger partial charge >= 0.3 is 5.97 Å². The largest absolute Gasteiger partial charge is 0.508 e. The zero-order valence-corrected chi connectivity index (χ0v) is 18.3. The number of fused-ring (bicyclic) bond motifs is 1. The van der Waals surface area contributed by atoms with E-state index in [2.05, 4.69) is 15.3 Å². The molecule has 1 aliphatic rings. The quantitative estimate of drug-likeness (QED) is 0.562. The molecule has 0 aliphatic carbocycles. The third-order valence-electron chi connectivity index (χ3n) is 4.45. The highest BCUT2D eigenvalue weighted by Crippen LogP contribution is 2.29. The number of benzene rings is 1. The van der Waals surface area contributed by atoms with Crippen LogP contribution in [0.1, 0.15) is 58.4 Å².